The highest BCUT2D eigenvalue weighted by atomic mass is 35.5. The van der Waals surface area contributed by atoms with Crippen LogP contribution in [0.15, 0.2) is 71.6 Å². The zero-order chi connectivity index (χ0) is 24.0. The number of halogens is 2. The maximum atomic E-state index is 13.5. The normalized spacial score (nSPS) is 11.3. The third-order valence-electron chi connectivity index (χ3n) is 5.09. The fourth-order valence-corrected chi connectivity index (χ4v) is 5.22. The van der Waals surface area contributed by atoms with E-state index in [9.17, 15) is 13.2 Å². The van der Waals surface area contributed by atoms with Gasteiger partial charge in [-0.1, -0.05) is 66.4 Å². The molecule has 0 saturated heterocycles. The Hall–Kier alpha value is -2.54. The third kappa shape index (κ3) is 6.73. The van der Waals surface area contributed by atoms with Crippen molar-refractivity contribution < 1.29 is 13.2 Å². The first kappa shape index (κ1) is 25.1. The van der Waals surface area contributed by atoms with E-state index in [2.05, 4.69) is 12.2 Å². The Bertz CT molecular complexity index is 1190. The summed E-state index contributed by atoms with van der Waals surface area (Å²) >= 11 is 12.2. The maximum absolute atomic E-state index is 13.5. The molecule has 1 amide bonds. The van der Waals surface area contributed by atoms with Crippen LogP contribution < -0.4 is 9.62 Å². The molecular formula is C25H26Cl2N2O3S. The van der Waals surface area contributed by atoms with E-state index >= 15 is 0 Å². The molecule has 0 atom stereocenters. The molecule has 0 unspecified atom stereocenters. The Labute approximate surface area is 205 Å². The van der Waals surface area contributed by atoms with E-state index in [4.69, 9.17) is 23.2 Å². The molecule has 5 nitrogen and oxygen atoms in total. The molecule has 0 heterocycles. The molecule has 0 aliphatic carbocycles. The summed E-state index contributed by atoms with van der Waals surface area (Å²) in [6.07, 6.45) is 3.18. The van der Waals surface area contributed by atoms with Crippen LogP contribution in [0.4, 0.5) is 11.4 Å². The van der Waals surface area contributed by atoms with Crippen molar-refractivity contribution in [1.29, 1.82) is 0 Å². The quantitative estimate of drug-likeness (QED) is 0.362. The van der Waals surface area contributed by atoms with Gasteiger partial charge in [0.15, 0.2) is 0 Å². The van der Waals surface area contributed by atoms with Gasteiger partial charge in [0.1, 0.15) is 6.54 Å². The minimum absolute atomic E-state index is 0.0669. The summed E-state index contributed by atoms with van der Waals surface area (Å²) in [6.45, 7) is 3.56. The highest BCUT2D eigenvalue weighted by Crippen LogP contribution is 2.30. The second kappa shape index (κ2) is 11.1. The minimum atomic E-state index is -4.05. The lowest BCUT2D eigenvalue weighted by Gasteiger charge is -2.24. The van der Waals surface area contributed by atoms with Gasteiger partial charge in [0.05, 0.1) is 10.6 Å². The molecule has 3 aromatic carbocycles. The van der Waals surface area contributed by atoms with E-state index in [1.54, 1.807) is 12.1 Å². The Kier molecular flexibility index (Phi) is 8.40. The van der Waals surface area contributed by atoms with Gasteiger partial charge in [-0.15, -0.1) is 0 Å². The van der Waals surface area contributed by atoms with Gasteiger partial charge in [-0.3, -0.25) is 9.10 Å². The van der Waals surface area contributed by atoms with Crippen LogP contribution in [0.5, 0.6) is 0 Å². The Morgan fingerprint density at radius 3 is 2.12 bits per heavy atom. The number of nitrogens with one attached hydrogen (secondary N) is 1. The monoisotopic (exact) mass is 504 g/mol. The number of hydrogen-bond acceptors (Lipinski definition) is 3. The number of hydrogen-bond donors (Lipinski definition) is 1. The molecule has 3 aromatic rings. The van der Waals surface area contributed by atoms with Crippen LogP contribution in [0.2, 0.25) is 10.0 Å². The highest BCUT2D eigenvalue weighted by molar-refractivity contribution is 7.92. The summed E-state index contributed by atoms with van der Waals surface area (Å²) in [5.41, 5.74) is 2.91. The predicted octanol–water partition coefficient (Wildman–Crippen LogP) is 6.48. The van der Waals surface area contributed by atoms with Crippen LogP contribution in [0.3, 0.4) is 0 Å². The first-order valence-electron chi connectivity index (χ1n) is 10.6. The van der Waals surface area contributed by atoms with Crippen molar-refractivity contribution in [3.8, 4) is 0 Å². The van der Waals surface area contributed by atoms with Crippen molar-refractivity contribution in [1.82, 2.24) is 0 Å². The zero-order valence-electron chi connectivity index (χ0n) is 18.5. The Balaban J connectivity index is 1.88. The van der Waals surface area contributed by atoms with Crippen molar-refractivity contribution in [3.05, 3.63) is 87.9 Å². The van der Waals surface area contributed by atoms with Crippen molar-refractivity contribution in [2.45, 2.75) is 38.0 Å². The van der Waals surface area contributed by atoms with Gasteiger partial charge in [-0.25, -0.2) is 8.42 Å². The largest absolute Gasteiger partial charge is 0.325 e. The van der Waals surface area contributed by atoms with E-state index in [0.717, 1.165) is 29.1 Å². The summed E-state index contributed by atoms with van der Waals surface area (Å²) in [7, 11) is -4.05. The van der Waals surface area contributed by atoms with E-state index in [-0.39, 0.29) is 20.6 Å². The molecule has 1 N–H and O–H groups in total. The Morgan fingerprint density at radius 2 is 1.55 bits per heavy atom. The number of sulfonamides is 1. The zero-order valence-corrected chi connectivity index (χ0v) is 20.8. The molecule has 174 valence electrons. The van der Waals surface area contributed by atoms with Gasteiger partial charge < -0.3 is 5.32 Å². The van der Waals surface area contributed by atoms with Gasteiger partial charge in [0, 0.05) is 15.7 Å². The molecule has 8 heteroatoms. The van der Waals surface area contributed by atoms with Crippen LogP contribution in [0.1, 0.15) is 30.9 Å². The molecule has 0 bridgehead atoms. The fourth-order valence-electron chi connectivity index (χ4n) is 3.30. The SMILES string of the molecule is CCCCc1ccc(NC(=O)CN(c2cc(Cl)cc(Cl)c2)S(=O)(=O)c2ccc(C)cc2)cc1. The molecule has 0 saturated carbocycles. The maximum Gasteiger partial charge on any atom is 0.264 e. The fraction of sp³-hybridized carbons (Fsp3) is 0.240. The molecule has 0 fully saturated rings. The highest BCUT2D eigenvalue weighted by Gasteiger charge is 2.28. The van der Waals surface area contributed by atoms with Gasteiger partial charge >= 0.3 is 0 Å². The number of rotatable bonds is 9. The molecule has 0 spiro atoms. The number of anilines is 2. The number of carbonyl (C=O) groups is 1. The summed E-state index contributed by atoms with van der Waals surface area (Å²) in [4.78, 5) is 12.9. The van der Waals surface area contributed by atoms with Crippen LogP contribution in [0.25, 0.3) is 0 Å². The number of carbonyl (C=O) groups excluding carboxylic acids is 1. The average Bonchev–Trinajstić information content (AvgIpc) is 2.76. The predicted molar refractivity (Wildman–Crippen MR) is 136 cm³/mol. The summed E-state index contributed by atoms with van der Waals surface area (Å²) in [5, 5.41) is 3.31. The van der Waals surface area contributed by atoms with Crippen molar-refractivity contribution in [2.75, 3.05) is 16.2 Å². The van der Waals surface area contributed by atoms with Crippen molar-refractivity contribution in [2.24, 2.45) is 0 Å². The lowest BCUT2D eigenvalue weighted by atomic mass is 10.1. The topological polar surface area (TPSA) is 66.5 Å². The number of aryl methyl sites for hydroxylation is 2. The first-order chi connectivity index (χ1) is 15.7. The summed E-state index contributed by atoms with van der Waals surface area (Å²) in [6, 6.07) is 18.4. The lowest BCUT2D eigenvalue weighted by Crippen LogP contribution is -2.38. The van der Waals surface area contributed by atoms with E-state index in [1.165, 1.54) is 35.9 Å². The van der Waals surface area contributed by atoms with Crippen LogP contribution in [-0.2, 0) is 21.2 Å². The molecule has 3 rings (SSSR count). The molecule has 33 heavy (non-hydrogen) atoms. The average molecular weight is 505 g/mol. The van der Waals surface area contributed by atoms with Gasteiger partial charge in [-0.2, -0.15) is 0 Å². The molecular weight excluding hydrogens is 479 g/mol. The van der Waals surface area contributed by atoms with Crippen LogP contribution in [-0.4, -0.2) is 20.9 Å². The molecule has 0 aliphatic heterocycles. The second-order valence-corrected chi connectivity index (χ2v) is 10.5. The summed E-state index contributed by atoms with van der Waals surface area (Å²) < 4.78 is 27.9. The van der Waals surface area contributed by atoms with E-state index in [1.807, 2.05) is 31.2 Å². The van der Waals surface area contributed by atoms with Crippen LogP contribution >= 0.6 is 23.2 Å². The number of unbranched alkanes of at least 4 members (excludes halogenated alkanes) is 1. The van der Waals surface area contributed by atoms with Gasteiger partial charge in [0.25, 0.3) is 10.0 Å². The number of benzene rings is 3. The second-order valence-electron chi connectivity index (χ2n) is 7.80. The van der Waals surface area contributed by atoms with Crippen molar-refractivity contribution in [3.63, 3.8) is 0 Å². The smallest absolute Gasteiger partial charge is 0.264 e. The minimum Gasteiger partial charge on any atom is -0.325 e. The van der Waals surface area contributed by atoms with Gasteiger partial charge in [-0.05, 0) is 67.8 Å². The van der Waals surface area contributed by atoms with Crippen molar-refractivity contribution >= 4 is 50.5 Å². The Morgan fingerprint density at radius 1 is 0.939 bits per heavy atom. The van der Waals surface area contributed by atoms with Crippen LogP contribution in [0, 0.1) is 6.92 Å². The molecule has 0 radical (unpaired) electrons. The lowest BCUT2D eigenvalue weighted by molar-refractivity contribution is -0.114. The van der Waals surface area contributed by atoms with E-state index in [0.29, 0.717) is 5.69 Å². The van der Waals surface area contributed by atoms with Gasteiger partial charge in [0.2, 0.25) is 5.91 Å². The van der Waals surface area contributed by atoms with E-state index < -0.39 is 22.5 Å². The summed E-state index contributed by atoms with van der Waals surface area (Å²) in [5.74, 6) is -0.483. The molecule has 0 aliphatic rings. The number of nitrogens with zero attached hydrogens (tertiary/aromatic N) is 1. The standard InChI is InChI=1S/C25H26Cl2N2O3S/c1-3-4-5-19-8-10-22(11-9-19)28-25(30)17-29(23-15-20(26)14-21(27)16-23)33(31,32)24-12-6-18(2)7-13-24/h6-16H,3-5,17H2,1-2H3,(H,28,30). The first-order valence-corrected chi connectivity index (χ1v) is 12.8. The number of amides is 1. The third-order valence-corrected chi connectivity index (χ3v) is 7.31. The molecule has 0 aromatic heterocycles.